The maximum atomic E-state index is 10.5. The van der Waals surface area contributed by atoms with Crippen LogP contribution >= 0.6 is 0 Å². The smallest absolute Gasteiger partial charge is 0.0726 e. The third-order valence-corrected chi connectivity index (χ3v) is 7.57. The van der Waals surface area contributed by atoms with E-state index in [0.717, 1.165) is 25.7 Å². The molecule has 128 valence electrons. The van der Waals surface area contributed by atoms with E-state index in [9.17, 15) is 10.2 Å². The summed E-state index contributed by atoms with van der Waals surface area (Å²) in [4.78, 5) is 0. The fourth-order valence-corrected chi connectivity index (χ4v) is 5.02. The quantitative estimate of drug-likeness (QED) is 0.739. The molecule has 0 bridgehead atoms. The number of aliphatic hydroxyl groups is 2. The zero-order valence-electron chi connectivity index (χ0n) is 15.4. The summed E-state index contributed by atoms with van der Waals surface area (Å²) in [6.45, 7) is 13.4. The van der Waals surface area contributed by atoms with Crippen molar-refractivity contribution < 1.29 is 10.2 Å². The molecule has 2 aliphatic rings. The standard InChI is InChI=1S/C20H36O2/c1-7-18(4,22)10-11-20(6)14(2)8-9-19(5)15(3)12-16(21)13-17(19)20/h12,14,16-17,21-22H,7-11,13H2,1-6H3/t14-,16-,17+,18+,19+,20+/m1/s1. The lowest BCUT2D eigenvalue weighted by Gasteiger charge is -2.59. The molecule has 0 amide bonds. The minimum Gasteiger partial charge on any atom is -0.390 e. The molecular formula is C20H36O2. The van der Waals surface area contributed by atoms with Gasteiger partial charge in [0.1, 0.15) is 0 Å². The number of allylic oxidation sites excluding steroid dienone is 1. The summed E-state index contributed by atoms with van der Waals surface area (Å²) in [5.74, 6) is 1.16. The average Bonchev–Trinajstić information content (AvgIpc) is 2.45. The van der Waals surface area contributed by atoms with Gasteiger partial charge in [-0.2, -0.15) is 0 Å². The summed E-state index contributed by atoms with van der Waals surface area (Å²) in [6.07, 6.45) is 7.85. The van der Waals surface area contributed by atoms with E-state index in [4.69, 9.17) is 0 Å². The van der Waals surface area contributed by atoms with E-state index in [1.165, 1.54) is 18.4 Å². The molecule has 2 heteroatoms. The van der Waals surface area contributed by atoms with Crippen molar-refractivity contribution in [2.45, 2.75) is 91.8 Å². The molecule has 2 rings (SSSR count). The van der Waals surface area contributed by atoms with Crippen molar-refractivity contribution in [3.05, 3.63) is 11.6 Å². The topological polar surface area (TPSA) is 40.5 Å². The van der Waals surface area contributed by atoms with Crippen molar-refractivity contribution in [1.29, 1.82) is 0 Å². The molecule has 0 spiro atoms. The van der Waals surface area contributed by atoms with Crippen LogP contribution in [0.3, 0.4) is 0 Å². The van der Waals surface area contributed by atoms with Crippen molar-refractivity contribution in [3.63, 3.8) is 0 Å². The first-order valence-corrected chi connectivity index (χ1v) is 9.14. The lowest BCUT2D eigenvalue weighted by atomic mass is 9.46. The van der Waals surface area contributed by atoms with Gasteiger partial charge in [0.25, 0.3) is 0 Å². The lowest BCUT2D eigenvalue weighted by molar-refractivity contribution is -0.0784. The highest BCUT2D eigenvalue weighted by Crippen LogP contribution is 2.62. The first-order chi connectivity index (χ1) is 10.0. The summed E-state index contributed by atoms with van der Waals surface area (Å²) in [6, 6.07) is 0. The second-order valence-electron chi connectivity index (χ2n) is 8.92. The number of fused-ring (bicyclic) bond motifs is 1. The van der Waals surface area contributed by atoms with E-state index in [-0.39, 0.29) is 16.9 Å². The number of aliphatic hydroxyl groups excluding tert-OH is 1. The molecule has 0 aliphatic heterocycles. The molecule has 0 unspecified atom stereocenters. The van der Waals surface area contributed by atoms with Gasteiger partial charge in [0.2, 0.25) is 0 Å². The third kappa shape index (κ3) is 3.01. The molecule has 2 aliphatic carbocycles. The van der Waals surface area contributed by atoms with Crippen molar-refractivity contribution in [2.24, 2.45) is 22.7 Å². The fourth-order valence-electron chi connectivity index (χ4n) is 5.02. The van der Waals surface area contributed by atoms with E-state index in [2.05, 4.69) is 40.7 Å². The summed E-state index contributed by atoms with van der Waals surface area (Å²) in [5.41, 5.74) is 1.23. The molecule has 0 aromatic heterocycles. The summed E-state index contributed by atoms with van der Waals surface area (Å²) in [7, 11) is 0. The van der Waals surface area contributed by atoms with Crippen LogP contribution in [0.1, 0.15) is 80.1 Å². The highest BCUT2D eigenvalue weighted by molar-refractivity contribution is 5.23. The molecule has 0 saturated heterocycles. The molecule has 2 N–H and O–H groups in total. The van der Waals surface area contributed by atoms with Crippen LogP contribution in [-0.4, -0.2) is 21.9 Å². The van der Waals surface area contributed by atoms with E-state index in [0.29, 0.717) is 11.8 Å². The monoisotopic (exact) mass is 308 g/mol. The van der Waals surface area contributed by atoms with E-state index < -0.39 is 5.60 Å². The first-order valence-electron chi connectivity index (χ1n) is 9.14. The minimum absolute atomic E-state index is 0.197. The van der Waals surface area contributed by atoms with Gasteiger partial charge in [0.15, 0.2) is 0 Å². The van der Waals surface area contributed by atoms with E-state index >= 15 is 0 Å². The average molecular weight is 309 g/mol. The molecule has 1 saturated carbocycles. The van der Waals surface area contributed by atoms with Crippen LogP contribution < -0.4 is 0 Å². The zero-order valence-corrected chi connectivity index (χ0v) is 15.4. The van der Waals surface area contributed by atoms with Gasteiger partial charge in [-0.15, -0.1) is 0 Å². The van der Waals surface area contributed by atoms with Crippen molar-refractivity contribution in [2.75, 3.05) is 0 Å². The van der Waals surface area contributed by atoms with Crippen LogP contribution in [-0.2, 0) is 0 Å². The highest BCUT2D eigenvalue weighted by Gasteiger charge is 2.54. The summed E-state index contributed by atoms with van der Waals surface area (Å²) < 4.78 is 0. The van der Waals surface area contributed by atoms with Crippen molar-refractivity contribution >= 4 is 0 Å². The Morgan fingerprint density at radius 1 is 1.36 bits per heavy atom. The summed E-state index contributed by atoms with van der Waals surface area (Å²) >= 11 is 0. The van der Waals surface area contributed by atoms with Gasteiger partial charge in [-0.1, -0.05) is 39.3 Å². The predicted octanol–water partition coefficient (Wildman–Crippen LogP) is 4.70. The second-order valence-corrected chi connectivity index (χ2v) is 8.92. The normalized spacial score (nSPS) is 44.9. The molecular weight excluding hydrogens is 272 g/mol. The second kappa shape index (κ2) is 5.94. The van der Waals surface area contributed by atoms with Crippen LogP contribution in [0.25, 0.3) is 0 Å². The van der Waals surface area contributed by atoms with Gasteiger partial charge in [-0.25, -0.2) is 0 Å². The van der Waals surface area contributed by atoms with Gasteiger partial charge in [0, 0.05) is 0 Å². The number of rotatable bonds is 4. The SMILES string of the molecule is CC[C@](C)(O)CC[C@@]1(C)[C@H](C)CC[C@@]2(C)C(C)=C[C@@H](O)C[C@H]12. The fraction of sp³-hybridized carbons (Fsp3) is 0.900. The molecule has 0 aromatic carbocycles. The molecule has 0 aromatic rings. The van der Waals surface area contributed by atoms with Crippen LogP contribution in [0.2, 0.25) is 0 Å². The Morgan fingerprint density at radius 2 is 2.00 bits per heavy atom. The largest absolute Gasteiger partial charge is 0.390 e. The highest BCUT2D eigenvalue weighted by atomic mass is 16.3. The Hall–Kier alpha value is -0.340. The first kappa shape index (κ1) is 18.0. The maximum Gasteiger partial charge on any atom is 0.0726 e. The molecule has 0 heterocycles. The van der Waals surface area contributed by atoms with Crippen molar-refractivity contribution in [1.82, 2.24) is 0 Å². The van der Waals surface area contributed by atoms with Gasteiger partial charge >= 0.3 is 0 Å². The number of hydrogen-bond donors (Lipinski definition) is 2. The van der Waals surface area contributed by atoms with Gasteiger partial charge in [-0.3, -0.25) is 0 Å². The Balaban J connectivity index is 2.30. The maximum absolute atomic E-state index is 10.5. The molecule has 1 fully saturated rings. The van der Waals surface area contributed by atoms with Crippen molar-refractivity contribution in [3.8, 4) is 0 Å². The minimum atomic E-state index is -0.561. The van der Waals surface area contributed by atoms with Gasteiger partial charge < -0.3 is 10.2 Å². The van der Waals surface area contributed by atoms with Crippen LogP contribution in [0.5, 0.6) is 0 Å². The molecule has 2 nitrogen and oxygen atoms in total. The summed E-state index contributed by atoms with van der Waals surface area (Å²) in [5, 5.41) is 20.8. The third-order valence-electron chi connectivity index (χ3n) is 7.57. The molecule has 6 atom stereocenters. The molecule has 0 radical (unpaired) electrons. The number of hydrogen-bond acceptors (Lipinski definition) is 2. The molecule has 22 heavy (non-hydrogen) atoms. The Kier molecular flexibility index (Phi) is 4.86. The van der Waals surface area contributed by atoms with Crippen LogP contribution in [0.15, 0.2) is 11.6 Å². The van der Waals surface area contributed by atoms with E-state index in [1.807, 2.05) is 6.92 Å². The Bertz CT molecular complexity index is 439. The van der Waals surface area contributed by atoms with E-state index in [1.54, 1.807) is 0 Å². The Morgan fingerprint density at radius 3 is 2.59 bits per heavy atom. The Labute approximate surface area is 137 Å². The van der Waals surface area contributed by atoms with Crippen LogP contribution in [0, 0.1) is 22.7 Å². The lowest BCUT2D eigenvalue weighted by Crippen LogP contribution is -2.52. The van der Waals surface area contributed by atoms with Crippen LogP contribution in [0.4, 0.5) is 0 Å². The predicted molar refractivity (Wildman–Crippen MR) is 92.6 cm³/mol. The zero-order chi connectivity index (χ0) is 16.8. The van der Waals surface area contributed by atoms with Gasteiger partial charge in [-0.05, 0) is 75.0 Å². The van der Waals surface area contributed by atoms with Gasteiger partial charge in [0.05, 0.1) is 11.7 Å².